The highest BCUT2D eigenvalue weighted by atomic mass is 32.2. The van der Waals surface area contributed by atoms with Crippen molar-refractivity contribution in [3.63, 3.8) is 0 Å². The van der Waals surface area contributed by atoms with E-state index in [0.717, 1.165) is 0 Å². The molecule has 2 aromatic carbocycles. The molecule has 0 fully saturated rings. The van der Waals surface area contributed by atoms with Crippen molar-refractivity contribution in [1.82, 2.24) is 0 Å². The smallest absolute Gasteiger partial charge is 0.285 e. The predicted octanol–water partition coefficient (Wildman–Crippen LogP) is 2.14. The lowest BCUT2D eigenvalue weighted by Gasteiger charge is -2.19. The first-order chi connectivity index (χ1) is 10.0. The molecule has 5 nitrogen and oxygen atoms in total. The van der Waals surface area contributed by atoms with E-state index in [1.54, 1.807) is 60.5 Å². The number of sulfonamides is 1. The number of fused-ring (bicyclic) bond motifs is 1. The van der Waals surface area contributed by atoms with E-state index in [2.05, 4.69) is 10.5 Å². The van der Waals surface area contributed by atoms with Crippen LogP contribution in [0.5, 0.6) is 0 Å². The number of hydrogen-bond donors (Lipinski definition) is 0. The van der Waals surface area contributed by atoms with Crippen molar-refractivity contribution in [2.24, 2.45) is 4.40 Å². The largest absolute Gasteiger partial charge is 0.328 e. The predicted molar refractivity (Wildman–Crippen MR) is 79.7 cm³/mol. The maximum Gasteiger partial charge on any atom is 0.285 e. The van der Waals surface area contributed by atoms with Gasteiger partial charge in [-0.15, -0.1) is 4.40 Å². The topological polar surface area (TPSA) is 73.5 Å². The minimum Gasteiger partial charge on any atom is -0.328 e. The third kappa shape index (κ3) is 2.18. The lowest BCUT2D eigenvalue weighted by molar-refractivity contribution is 0.599. The molecule has 104 valence electrons. The molecule has 1 heterocycles. The number of anilines is 1. The van der Waals surface area contributed by atoms with Gasteiger partial charge in [0.1, 0.15) is 4.90 Å². The minimum absolute atomic E-state index is 0.211. The second-order valence-electron chi connectivity index (χ2n) is 4.61. The van der Waals surface area contributed by atoms with Gasteiger partial charge in [-0.2, -0.15) is 13.7 Å². The number of benzene rings is 2. The van der Waals surface area contributed by atoms with Crippen molar-refractivity contribution in [3.8, 4) is 6.07 Å². The van der Waals surface area contributed by atoms with Gasteiger partial charge in [0.05, 0.1) is 11.6 Å². The van der Waals surface area contributed by atoms with Gasteiger partial charge in [0.15, 0.2) is 5.84 Å². The molecule has 0 amide bonds. The summed E-state index contributed by atoms with van der Waals surface area (Å²) in [6, 6.07) is 15.7. The quantitative estimate of drug-likeness (QED) is 0.808. The summed E-state index contributed by atoms with van der Waals surface area (Å²) in [5.41, 5.74) is 1.79. The molecule has 0 atom stereocenters. The van der Waals surface area contributed by atoms with Gasteiger partial charge in [0.2, 0.25) is 0 Å². The number of hydrogen-bond acceptors (Lipinski definition) is 4. The lowest BCUT2D eigenvalue weighted by Crippen LogP contribution is -2.26. The summed E-state index contributed by atoms with van der Waals surface area (Å²) in [5.74, 6) is 0.362. The second-order valence-corrected chi connectivity index (χ2v) is 6.18. The molecule has 3 rings (SSSR count). The van der Waals surface area contributed by atoms with Crippen LogP contribution in [0.3, 0.4) is 0 Å². The highest BCUT2D eigenvalue weighted by Crippen LogP contribution is 2.29. The van der Waals surface area contributed by atoms with Crippen molar-refractivity contribution in [3.05, 3.63) is 59.7 Å². The van der Waals surface area contributed by atoms with Crippen molar-refractivity contribution in [2.45, 2.75) is 4.90 Å². The molecule has 0 radical (unpaired) electrons. The fourth-order valence-corrected chi connectivity index (χ4v) is 3.47. The third-order valence-corrected chi connectivity index (χ3v) is 4.62. The zero-order valence-electron chi connectivity index (χ0n) is 11.2. The fourth-order valence-electron chi connectivity index (χ4n) is 2.24. The molecule has 0 saturated carbocycles. The van der Waals surface area contributed by atoms with Gasteiger partial charge < -0.3 is 4.90 Å². The van der Waals surface area contributed by atoms with E-state index in [0.29, 0.717) is 22.6 Å². The number of amidine groups is 1. The summed E-state index contributed by atoms with van der Waals surface area (Å²) < 4.78 is 28.0. The van der Waals surface area contributed by atoms with Gasteiger partial charge in [-0.25, -0.2) is 0 Å². The molecule has 1 aliphatic rings. The molecule has 0 N–H and O–H groups in total. The van der Waals surface area contributed by atoms with Crippen molar-refractivity contribution >= 4 is 21.5 Å². The first kappa shape index (κ1) is 13.3. The molecule has 0 aromatic heterocycles. The van der Waals surface area contributed by atoms with Crippen LogP contribution in [0.25, 0.3) is 0 Å². The molecule has 0 unspecified atom stereocenters. The molecule has 2 aromatic rings. The minimum atomic E-state index is -3.64. The Hall–Kier alpha value is -2.65. The Kier molecular flexibility index (Phi) is 3.00. The maximum absolute atomic E-state index is 12.1. The summed E-state index contributed by atoms with van der Waals surface area (Å²) >= 11 is 0. The summed E-state index contributed by atoms with van der Waals surface area (Å²) in [5, 5.41) is 8.96. The van der Waals surface area contributed by atoms with Crippen LogP contribution in [-0.4, -0.2) is 21.3 Å². The Labute approximate surface area is 122 Å². The molecule has 0 spiro atoms. The van der Waals surface area contributed by atoms with Crippen LogP contribution in [-0.2, 0) is 10.0 Å². The number of nitriles is 1. The van der Waals surface area contributed by atoms with E-state index < -0.39 is 10.0 Å². The van der Waals surface area contributed by atoms with E-state index >= 15 is 0 Å². The monoisotopic (exact) mass is 297 g/mol. The van der Waals surface area contributed by atoms with Crippen molar-refractivity contribution in [2.75, 3.05) is 11.9 Å². The molecule has 0 aliphatic carbocycles. The first-order valence-corrected chi connectivity index (χ1v) is 7.65. The van der Waals surface area contributed by atoms with Crippen LogP contribution >= 0.6 is 0 Å². The second kappa shape index (κ2) is 4.72. The fraction of sp³-hybridized carbons (Fsp3) is 0.0667. The molecular formula is C15H11N3O2S. The van der Waals surface area contributed by atoms with E-state index in [9.17, 15) is 8.42 Å². The van der Waals surface area contributed by atoms with Crippen LogP contribution in [0, 0.1) is 11.3 Å². The number of rotatable bonds is 1. The molecule has 6 heteroatoms. The molecular weight excluding hydrogens is 286 g/mol. The van der Waals surface area contributed by atoms with Crippen LogP contribution in [0.2, 0.25) is 0 Å². The van der Waals surface area contributed by atoms with Gasteiger partial charge in [-0.05, 0) is 30.3 Å². The Morgan fingerprint density at radius 1 is 1.14 bits per heavy atom. The molecule has 0 bridgehead atoms. The van der Waals surface area contributed by atoms with Crippen LogP contribution < -0.4 is 4.90 Å². The van der Waals surface area contributed by atoms with Gasteiger partial charge in [-0.3, -0.25) is 0 Å². The number of nitrogens with zero attached hydrogens (tertiary/aromatic N) is 3. The van der Waals surface area contributed by atoms with Crippen LogP contribution in [0.1, 0.15) is 11.1 Å². The molecule has 0 saturated heterocycles. The van der Waals surface area contributed by atoms with Gasteiger partial charge >= 0.3 is 0 Å². The van der Waals surface area contributed by atoms with Gasteiger partial charge in [-0.1, -0.05) is 18.2 Å². The Morgan fingerprint density at radius 2 is 1.90 bits per heavy atom. The normalized spacial score (nSPS) is 15.0. The van der Waals surface area contributed by atoms with E-state index in [1.165, 1.54) is 0 Å². The highest BCUT2D eigenvalue weighted by molar-refractivity contribution is 7.90. The SMILES string of the molecule is CN(C1=NS(=O)(=O)c2ccccc21)c1cccc(C#N)c1. The van der Waals surface area contributed by atoms with E-state index in [1.807, 2.05) is 0 Å². The van der Waals surface area contributed by atoms with Crippen LogP contribution in [0.15, 0.2) is 57.8 Å². The summed E-state index contributed by atoms with van der Waals surface area (Å²) in [6.07, 6.45) is 0. The lowest BCUT2D eigenvalue weighted by atomic mass is 10.1. The van der Waals surface area contributed by atoms with E-state index in [4.69, 9.17) is 5.26 Å². The summed E-state index contributed by atoms with van der Waals surface area (Å²) in [6.45, 7) is 0. The Balaban J connectivity index is 2.11. The molecule has 21 heavy (non-hydrogen) atoms. The zero-order chi connectivity index (χ0) is 15.0. The summed E-state index contributed by atoms with van der Waals surface area (Å²) in [4.78, 5) is 1.88. The van der Waals surface area contributed by atoms with Gasteiger partial charge in [0, 0.05) is 18.3 Å². The van der Waals surface area contributed by atoms with Crippen molar-refractivity contribution in [1.29, 1.82) is 5.26 Å². The van der Waals surface area contributed by atoms with E-state index in [-0.39, 0.29) is 4.90 Å². The average Bonchev–Trinajstić information content (AvgIpc) is 2.79. The summed E-state index contributed by atoms with van der Waals surface area (Å²) in [7, 11) is -1.91. The van der Waals surface area contributed by atoms with Crippen molar-refractivity contribution < 1.29 is 8.42 Å². The molecule has 1 aliphatic heterocycles. The van der Waals surface area contributed by atoms with Crippen LogP contribution in [0.4, 0.5) is 5.69 Å². The third-order valence-electron chi connectivity index (χ3n) is 3.29. The maximum atomic E-state index is 12.1. The zero-order valence-corrected chi connectivity index (χ0v) is 12.0. The first-order valence-electron chi connectivity index (χ1n) is 6.21. The standard InChI is InChI=1S/C15H11N3O2S/c1-18(12-6-4-5-11(9-12)10-16)15-13-7-2-3-8-14(13)21(19,20)17-15/h2-9H,1H3. The Bertz CT molecular complexity index is 895. The highest BCUT2D eigenvalue weighted by Gasteiger charge is 2.30. The average molecular weight is 297 g/mol. The van der Waals surface area contributed by atoms with Gasteiger partial charge in [0.25, 0.3) is 10.0 Å². The Morgan fingerprint density at radius 3 is 2.67 bits per heavy atom.